The Hall–Kier alpha value is -0.930. The summed E-state index contributed by atoms with van der Waals surface area (Å²) in [6.45, 7) is 3.79. The van der Waals surface area contributed by atoms with Crippen LogP contribution in [-0.2, 0) is 6.54 Å². The average molecular weight is 224 g/mol. The molecule has 1 aromatic rings. The average Bonchev–Trinajstić information content (AvgIpc) is 2.29. The number of hydrogen-bond donors (Lipinski definition) is 1. The summed E-state index contributed by atoms with van der Waals surface area (Å²) in [6, 6.07) is 7.46. The van der Waals surface area contributed by atoms with Crippen LogP contribution < -0.4 is 5.32 Å². The Bertz CT molecular complexity index is 315. The van der Waals surface area contributed by atoms with E-state index in [1.54, 1.807) is 6.07 Å². The molecule has 1 aromatic carbocycles. The van der Waals surface area contributed by atoms with Gasteiger partial charge in [0, 0.05) is 18.2 Å². The van der Waals surface area contributed by atoms with Gasteiger partial charge in [0.1, 0.15) is 5.82 Å². The molecule has 0 heterocycles. The van der Waals surface area contributed by atoms with Crippen LogP contribution in [0.1, 0.15) is 18.9 Å². The van der Waals surface area contributed by atoms with E-state index in [0.717, 1.165) is 18.5 Å². The van der Waals surface area contributed by atoms with Crippen molar-refractivity contribution in [2.45, 2.75) is 25.9 Å². The fourth-order valence-electron chi connectivity index (χ4n) is 1.55. The molecule has 0 amide bonds. The van der Waals surface area contributed by atoms with Crippen molar-refractivity contribution in [3.8, 4) is 0 Å². The SMILES string of the molecule is CNC(C)CCN(C)Cc1ccccc1F. The van der Waals surface area contributed by atoms with Crippen LogP contribution in [0, 0.1) is 5.82 Å². The third-order valence-corrected chi connectivity index (χ3v) is 2.83. The minimum absolute atomic E-state index is 0.115. The van der Waals surface area contributed by atoms with Crippen molar-refractivity contribution < 1.29 is 4.39 Å². The molecule has 1 rings (SSSR count). The third kappa shape index (κ3) is 4.29. The molecule has 0 aliphatic heterocycles. The van der Waals surface area contributed by atoms with Gasteiger partial charge in [0.05, 0.1) is 0 Å². The highest BCUT2D eigenvalue weighted by molar-refractivity contribution is 5.16. The van der Waals surface area contributed by atoms with Crippen molar-refractivity contribution in [3.05, 3.63) is 35.6 Å². The summed E-state index contributed by atoms with van der Waals surface area (Å²) in [7, 11) is 3.98. The second kappa shape index (κ2) is 6.61. The fourth-order valence-corrected chi connectivity index (χ4v) is 1.55. The minimum atomic E-state index is -0.115. The molecule has 0 aliphatic carbocycles. The largest absolute Gasteiger partial charge is 0.317 e. The van der Waals surface area contributed by atoms with E-state index in [-0.39, 0.29) is 5.82 Å². The summed E-state index contributed by atoms with van der Waals surface area (Å²) in [6.07, 6.45) is 1.07. The van der Waals surface area contributed by atoms with E-state index in [9.17, 15) is 4.39 Å². The van der Waals surface area contributed by atoms with Gasteiger partial charge in [-0.3, -0.25) is 0 Å². The van der Waals surface area contributed by atoms with E-state index in [1.165, 1.54) is 6.07 Å². The molecular formula is C13H21FN2. The third-order valence-electron chi connectivity index (χ3n) is 2.83. The summed E-state index contributed by atoms with van der Waals surface area (Å²) >= 11 is 0. The lowest BCUT2D eigenvalue weighted by atomic mass is 10.2. The van der Waals surface area contributed by atoms with Crippen LogP contribution in [0.3, 0.4) is 0 Å². The van der Waals surface area contributed by atoms with Crippen molar-refractivity contribution >= 4 is 0 Å². The Morgan fingerprint density at radius 1 is 1.38 bits per heavy atom. The fraction of sp³-hybridized carbons (Fsp3) is 0.538. The van der Waals surface area contributed by atoms with Crippen molar-refractivity contribution in [2.24, 2.45) is 0 Å². The maximum Gasteiger partial charge on any atom is 0.127 e. The maximum atomic E-state index is 13.4. The van der Waals surface area contributed by atoms with Gasteiger partial charge < -0.3 is 10.2 Å². The first-order valence-corrected chi connectivity index (χ1v) is 5.72. The highest BCUT2D eigenvalue weighted by Crippen LogP contribution is 2.09. The Labute approximate surface area is 97.5 Å². The van der Waals surface area contributed by atoms with Crippen molar-refractivity contribution in [1.82, 2.24) is 10.2 Å². The van der Waals surface area contributed by atoms with Crippen LogP contribution in [0.25, 0.3) is 0 Å². The van der Waals surface area contributed by atoms with E-state index < -0.39 is 0 Å². The molecular weight excluding hydrogens is 203 g/mol. The van der Waals surface area contributed by atoms with Gasteiger partial charge in [-0.25, -0.2) is 4.39 Å². The first-order valence-electron chi connectivity index (χ1n) is 5.72. The molecule has 0 saturated carbocycles. The second-order valence-corrected chi connectivity index (χ2v) is 4.31. The lowest BCUT2D eigenvalue weighted by molar-refractivity contribution is 0.302. The summed E-state index contributed by atoms with van der Waals surface area (Å²) < 4.78 is 13.4. The molecule has 90 valence electrons. The van der Waals surface area contributed by atoms with Gasteiger partial charge in [-0.05, 0) is 40.1 Å². The molecule has 1 unspecified atom stereocenters. The number of benzene rings is 1. The Morgan fingerprint density at radius 3 is 2.69 bits per heavy atom. The quantitative estimate of drug-likeness (QED) is 0.797. The molecule has 2 nitrogen and oxygen atoms in total. The first kappa shape index (κ1) is 13.1. The van der Waals surface area contributed by atoms with Gasteiger partial charge in [-0.15, -0.1) is 0 Å². The lowest BCUT2D eigenvalue weighted by Crippen LogP contribution is -2.28. The van der Waals surface area contributed by atoms with Crippen LogP contribution in [0.2, 0.25) is 0 Å². The molecule has 16 heavy (non-hydrogen) atoms. The van der Waals surface area contributed by atoms with Gasteiger partial charge in [0.25, 0.3) is 0 Å². The van der Waals surface area contributed by atoms with Crippen molar-refractivity contribution in [1.29, 1.82) is 0 Å². The molecule has 0 fully saturated rings. The van der Waals surface area contributed by atoms with Gasteiger partial charge in [0.15, 0.2) is 0 Å². The predicted octanol–water partition coefficient (Wildman–Crippen LogP) is 2.26. The zero-order valence-electron chi connectivity index (χ0n) is 10.3. The number of nitrogens with one attached hydrogen (secondary N) is 1. The summed E-state index contributed by atoms with van der Waals surface area (Å²) in [4.78, 5) is 2.15. The highest BCUT2D eigenvalue weighted by atomic mass is 19.1. The van der Waals surface area contributed by atoms with Gasteiger partial charge in [-0.2, -0.15) is 0 Å². The Kier molecular flexibility index (Phi) is 5.43. The molecule has 3 heteroatoms. The van der Waals surface area contributed by atoms with E-state index >= 15 is 0 Å². The van der Waals surface area contributed by atoms with Crippen molar-refractivity contribution in [2.75, 3.05) is 20.6 Å². The highest BCUT2D eigenvalue weighted by Gasteiger charge is 2.06. The van der Waals surface area contributed by atoms with E-state index in [0.29, 0.717) is 12.6 Å². The van der Waals surface area contributed by atoms with E-state index in [2.05, 4.69) is 17.1 Å². The molecule has 0 aliphatic rings. The molecule has 1 N–H and O–H groups in total. The monoisotopic (exact) mass is 224 g/mol. The first-order chi connectivity index (χ1) is 7.63. The number of rotatable bonds is 6. The molecule has 0 radical (unpaired) electrons. The molecule has 0 spiro atoms. The van der Waals surface area contributed by atoms with Crippen molar-refractivity contribution in [3.63, 3.8) is 0 Å². The molecule has 0 saturated heterocycles. The summed E-state index contributed by atoms with van der Waals surface area (Å²) in [5.41, 5.74) is 0.766. The Morgan fingerprint density at radius 2 is 2.06 bits per heavy atom. The zero-order valence-corrected chi connectivity index (χ0v) is 10.3. The van der Waals surface area contributed by atoms with Crippen LogP contribution in [-0.4, -0.2) is 31.6 Å². The topological polar surface area (TPSA) is 15.3 Å². The van der Waals surface area contributed by atoms with Gasteiger partial charge in [-0.1, -0.05) is 18.2 Å². The molecule has 0 aromatic heterocycles. The van der Waals surface area contributed by atoms with Crippen LogP contribution in [0.5, 0.6) is 0 Å². The zero-order chi connectivity index (χ0) is 12.0. The second-order valence-electron chi connectivity index (χ2n) is 4.31. The standard InChI is InChI=1S/C13H21FN2/c1-11(15-2)8-9-16(3)10-12-6-4-5-7-13(12)14/h4-7,11,15H,8-10H2,1-3H3. The van der Waals surface area contributed by atoms with E-state index in [4.69, 9.17) is 0 Å². The molecule has 1 atom stereocenters. The van der Waals surface area contributed by atoms with Crippen LogP contribution in [0.15, 0.2) is 24.3 Å². The summed E-state index contributed by atoms with van der Waals surface area (Å²) in [5, 5.41) is 3.19. The number of halogens is 1. The van der Waals surface area contributed by atoms with Crippen LogP contribution in [0.4, 0.5) is 4.39 Å². The number of nitrogens with zero attached hydrogens (tertiary/aromatic N) is 1. The Balaban J connectivity index is 2.40. The molecule has 0 bridgehead atoms. The smallest absolute Gasteiger partial charge is 0.127 e. The normalized spacial score (nSPS) is 13.1. The van der Waals surface area contributed by atoms with Crippen LogP contribution >= 0.6 is 0 Å². The van der Waals surface area contributed by atoms with Gasteiger partial charge >= 0.3 is 0 Å². The van der Waals surface area contributed by atoms with E-state index in [1.807, 2.05) is 26.2 Å². The predicted molar refractivity (Wildman–Crippen MR) is 65.9 cm³/mol. The number of hydrogen-bond acceptors (Lipinski definition) is 2. The lowest BCUT2D eigenvalue weighted by Gasteiger charge is -2.19. The maximum absolute atomic E-state index is 13.4. The van der Waals surface area contributed by atoms with Gasteiger partial charge in [0.2, 0.25) is 0 Å². The minimum Gasteiger partial charge on any atom is -0.317 e. The summed E-state index contributed by atoms with van der Waals surface area (Å²) in [5.74, 6) is -0.115.